The van der Waals surface area contributed by atoms with Crippen molar-refractivity contribution in [2.45, 2.75) is 25.4 Å². The van der Waals surface area contributed by atoms with Crippen molar-refractivity contribution in [1.82, 2.24) is 5.32 Å². The van der Waals surface area contributed by atoms with Gasteiger partial charge in [-0.3, -0.25) is 4.79 Å². The second-order valence-corrected chi connectivity index (χ2v) is 5.33. The van der Waals surface area contributed by atoms with E-state index in [-0.39, 0.29) is 42.8 Å². The molecule has 0 spiro atoms. The molecule has 0 aliphatic carbocycles. The Morgan fingerprint density at radius 1 is 1.21 bits per heavy atom. The van der Waals surface area contributed by atoms with E-state index in [9.17, 15) is 18.0 Å². The zero-order valence-electron chi connectivity index (χ0n) is 13.3. The van der Waals surface area contributed by atoms with Crippen LogP contribution in [0.5, 0.6) is 0 Å². The number of hydrogen-bond acceptors (Lipinski definition) is 3. The Hall–Kier alpha value is -1.18. The predicted molar refractivity (Wildman–Crippen MR) is 94.6 cm³/mol. The van der Waals surface area contributed by atoms with E-state index < -0.39 is 11.7 Å². The number of amides is 1. The number of carbonyl (C=O) groups is 1. The molecule has 1 amide bonds. The molecule has 2 rings (SSSR count). The van der Waals surface area contributed by atoms with Crippen molar-refractivity contribution in [3.8, 4) is 0 Å². The molecular formula is C15H22Cl2F3N3O. The third-order valence-corrected chi connectivity index (χ3v) is 3.65. The Bertz CT molecular complexity index is 535. The van der Waals surface area contributed by atoms with Crippen molar-refractivity contribution in [3.63, 3.8) is 0 Å². The van der Waals surface area contributed by atoms with Gasteiger partial charge in [0.05, 0.1) is 16.9 Å². The fourth-order valence-electron chi connectivity index (χ4n) is 2.50. The van der Waals surface area contributed by atoms with Crippen molar-refractivity contribution in [2.75, 3.05) is 36.9 Å². The van der Waals surface area contributed by atoms with E-state index in [2.05, 4.69) is 10.6 Å². The molecule has 1 aromatic carbocycles. The lowest BCUT2D eigenvalue weighted by Gasteiger charge is -2.23. The fourth-order valence-corrected chi connectivity index (χ4v) is 2.50. The number of alkyl halides is 3. The monoisotopic (exact) mass is 387 g/mol. The van der Waals surface area contributed by atoms with Crippen LogP contribution in [0.3, 0.4) is 0 Å². The van der Waals surface area contributed by atoms with Gasteiger partial charge in [-0.2, -0.15) is 13.2 Å². The van der Waals surface area contributed by atoms with Crippen LogP contribution in [0.2, 0.25) is 0 Å². The number of hydrogen-bond donors (Lipinski definition) is 2. The van der Waals surface area contributed by atoms with Crippen LogP contribution in [-0.4, -0.2) is 32.6 Å². The summed E-state index contributed by atoms with van der Waals surface area (Å²) < 4.78 is 38.6. The van der Waals surface area contributed by atoms with Gasteiger partial charge in [-0.15, -0.1) is 24.8 Å². The molecule has 1 heterocycles. The van der Waals surface area contributed by atoms with Crippen LogP contribution < -0.4 is 15.5 Å². The molecule has 0 bridgehead atoms. The molecule has 0 saturated carbocycles. The van der Waals surface area contributed by atoms with Crippen molar-refractivity contribution in [2.24, 2.45) is 0 Å². The van der Waals surface area contributed by atoms with Crippen LogP contribution in [0, 0.1) is 0 Å². The standard InChI is InChI=1S/C15H20F3N3O.2ClH/c1-19-7-6-14(22)20-12-10-11(15(16,17)18)4-5-13(12)21-8-2-3-9-21;;/h4-5,10,19H,2-3,6-9H2,1H3,(H,20,22);2*1H. The molecule has 0 aromatic heterocycles. The van der Waals surface area contributed by atoms with Crippen molar-refractivity contribution >= 4 is 42.1 Å². The summed E-state index contributed by atoms with van der Waals surface area (Å²) in [6.45, 7) is 2.07. The zero-order valence-corrected chi connectivity index (χ0v) is 14.9. The topological polar surface area (TPSA) is 44.4 Å². The Kier molecular flexibility index (Phi) is 9.47. The molecule has 1 aliphatic rings. The fraction of sp³-hybridized carbons (Fsp3) is 0.533. The third-order valence-electron chi connectivity index (χ3n) is 3.65. The Labute approximate surface area is 152 Å². The molecule has 0 unspecified atom stereocenters. The summed E-state index contributed by atoms with van der Waals surface area (Å²) in [5.41, 5.74) is 0.139. The van der Waals surface area contributed by atoms with Gasteiger partial charge in [0.25, 0.3) is 0 Å². The van der Waals surface area contributed by atoms with Crippen LogP contribution in [-0.2, 0) is 11.0 Å². The van der Waals surface area contributed by atoms with Gasteiger partial charge in [-0.1, -0.05) is 0 Å². The Morgan fingerprint density at radius 3 is 2.38 bits per heavy atom. The largest absolute Gasteiger partial charge is 0.416 e. The Balaban J connectivity index is 0.00000264. The van der Waals surface area contributed by atoms with E-state index in [4.69, 9.17) is 0 Å². The zero-order chi connectivity index (χ0) is 16.2. The van der Waals surface area contributed by atoms with E-state index in [1.807, 2.05) is 4.90 Å². The molecule has 9 heteroatoms. The van der Waals surface area contributed by atoms with Gasteiger partial charge in [0, 0.05) is 26.1 Å². The number of benzene rings is 1. The van der Waals surface area contributed by atoms with Gasteiger partial charge < -0.3 is 15.5 Å². The molecule has 24 heavy (non-hydrogen) atoms. The number of carbonyl (C=O) groups excluding carboxylic acids is 1. The summed E-state index contributed by atoms with van der Waals surface area (Å²) in [5, 5.41) is 5.45. The van der Waals surface area contributed by atoms with Crippen LogP contribution >= 0.6 is 24.8 Å². The molecule has 1 aromatic rings. The molecule has 1 fully saturated rings. The highest BCUT2D eigenvalue weighted by Crippen LogP contribution is 2.36. The average Bonchev–Trinajstić information content (AvgIpc) is 2.98. The quantitative estimate of drug-likeness (QED) is 0.809. The maximum Gasteiger partial charge on any atom is 0.416 e. The van der Waals surface area contributed by atoms with Crippen molar-refractivity contribution in [3.05, 3.63) is 23.8 Å². The summed E-state index contributed by atoms with van der Waals surface area (Å²) in [4.78, 5) is 13.9. The maximum atomic E-state index is 12.9. The highest BCUT2D eigenvalue weighted by molar-refractivity contribution is 5.94. The lowest BCUT2D eigenvalue weighted by atomic mass is 10.1. The van der Waals surface area contributed by atoms with Gasteiger partial charge in [-0.25, -0.2) is 0 Å². The molecule has 138 valence electrons. The van der Waals surface area contributed by atoms with Crippen LogP contribution in [0.25, 0.3) is 0 Å². The van der Waals surface area contributed by atoms with E-state index in [1.165, 1.54) is 6.07 Å². The molecule has 4 nitrogen and oxygen atoms in total. The number of nitrogens with one attached hydrogen (secondary N) is 2. The van der Waals surface area contributed by atoms with E-state index in [0.717, 1.165) is 38.1 Å². The van der Waals surface area contributed by atoms with Gasteiger partial charge in [0.2, 0.25) is 5.91 Å². The lowest BCUT2D eigenvalue weighted by Crippen LogP contribution is -2.23. The second kappa shape index (κ2) is 9.96. The molecule has 1 aliphatic heterocycles. The maximum absolute atomic E-state index is 12.9. The first kappa shape index (κ1) is 22.8. The van der Waals surface area contributed by atoms with E-state index >= 15 is 0 Å². The highest BCUT2D eigenvalue weighted by atomic mass is 35.5. The summed E-state index contributed by atoms with van der Waals surface area (Å²) in [6.07, 6.45) is -2.19. The highest BCUT2D eigenvalue weighted by Gasteiger charge is 2.31. The second-order valence-electron chi connectivity index (χ2n) is 5.33. The van der Waals surface area contributed by atoms with Crippen LogP contribution in [0.1, 0.15) is 24.8 Å². The summed E-state index contributed by atoms with van der Waals surface area (Å²) >= 11 is 0. The first-order valence-corrected chi connectivity index (χ1v) is 7.32. The minimum absolute atomic E-state index is 0. The van der Waals surface area contributed by atoms with E-state index in [0.29, 0.717) is 12.2 Å². The number of halogens is 5. The number of anilines is 2. The van der Waals surface area contributed by atoms with Gasteiger partial charge >= 0.3 is 6.18 Å². The van der Waals surface area contributed by atoms with Crippen LogP contribution in [0.4, 0.5) is 24.5 Å². The molecule has 0 radical (unpaired) electrons. The number of nitrogens with zero attached hydrogens (tertiary/aromatic N) is 1. The minimum Gasteiger partial charge on any atom is -0.370 e. The first-order chi connectivity index (χ1) is 10.4. The molecule has 2 N–H and O–H groups in total. The first-order valence-electron chi connectivity index (χ1n) is 7.32. The summed E-state index contributed by atoms with van der Waals surface area (Å²) in [6, 6.07) is 3.53. The Morgan fingerprint density at radius 2 is 1.83 bits per heavy atom. The van der Waals surface area contributed by atoms with E-state index in [1.54, 1.807) is 7.05 Å². The van der Waals surface area contributed by atoms with Gasteiger partial charge in [-0.05, 0) is 38.1 Å². The summed E-state index contributed by atoms with van der Waals surface area (Å²) in [7, 11) is 1.72. The molecule has 0 atom stereocenters. The van der Waals surface area contributed by atoms with Gasteiger partial charge in [0.1, 0.15) is 0 Å². The van der Waals surface area contributed by atoms with Crippen molar-refractivity contribution in [1.29, 1.82) is 0 Å². The summed E-state index contributed by atoms with van der Waals surface area (Å²) in [5.74, 6) is -0.297. The SMILES string of the molecule is CNCCC(=O)Nc1cc(C(F)(F)F)ccc1N1CCCC1.Cl.Cl. The minimum atomic E-state index is -4.42. The smallest absolute Gasteiger partial charge is 0.370 e. The normalized spacial score (nSPS) is 13.9. The predicted octanol–water partition coefficient (Wildman–Crippen LogP) is 3.70. The number of rotatable bonds is 5. The molecular weight excluding hydrogens is 366 g/mol. The molecule has 1 saturated heterocycles. The van der Waals surface area contributed by atoms with Crippen LogP contribution in [0.15, 0.2) is 18.2 Å². The third kappa shape index (κ3) is 6.03. The average molecular weight is 388 g/mol. The van der Waals surface area contributed by atoms with Gasteiger partial charge in [0.15, 0.2) is 0 Å². The lowest BCUT2D eigenvalue weighted by molar-refractivity contribution is -0.137. The van der Waals surface area contributed by atoms with Crippen molar-refractivity contribution < 1.29 is 18.0 Å².